The lowest BCUT2D eigenvalue weighted by Gasteiger charge is -2.12. The molecule has 0 amide bonds. The van der Waals surface area contributed by atoms with E-state index < -0.39 is 11.2 Å². The number of nitrogens with zero attached hydrogens (tertiary/aromatic N) is 2. The Morgan fingerprint density at radius 1 is 1.33 bits per heavy atom. The summed E-state index contributed by atoms with van der Waals surface area (Å²) in [6, 6.07) is 8.99. The van der Waals surface area contributed by atoms with Crippen molar-refractivity contribution in [2.24, 2.45) is 0 Å². The third-order valence-corrected chi connectivity index (χ3v) is 3.11. The molecular formula is C14H15N5O2. The number of nitrogens with one attached hydrogen (secondary N) is 2. The Kier molecular flexibility index (Phi) is 4.09. The molecule has 1 aromatic heterocycles. The predicted molar refractivity (Wildman–Crippen MR) is 79.9 cm³/mol. The van der Waals surface area contributed by atoms with E-state index in [1.165, 1.54) is 4.57 Å². The summed E-state index contributed by atoms with van der Waals surface area (Å²) in [5.41, 5.74) is 6.40. The summed E-state index contributed by atoms with van der Waals surface area (Å²) in [6.07, 6.45) is 0. The summed E-state index contributed by atoms with van der Waals surface area (Å²) in [4.78, 5) is 25.6. The SMILES string of the molecule is CCn1c(N)c(NCc2ccc(C#N)cc2)c(=O)[nH]c1=O. The molecule has 1 heterocycles. The summed E-state index contributed by atoms with van der Waals surface area (Å²) < 4.78 is 1.28. The third kappa shape index (κ3) is 2.95. The van der Waals surface area contributed by atoms with Crippen molar-refractivity contribution in [1.82, 2.24) is 9.55 Å². The van der Waals surface area contributed by atoms with Crippen LogP contribution in [0.5, 0.6) is 0 Å². The molecule has 0 atom stereocenters. The lowest BCUT2D eigenvalue weighted by atomic mass is 10.1. The lowest BCUT2D eigenvalue weighted by Crippen LogP contribution is -2.33. The van der Waals surface area contributed by atoms with Gasteiger partial charge in [-0.25, -0.2) is 4.79 Å². The molecule has 21 heavy (non-hydrogen) atoms. The van der Waals surface area contributed by atoms with E-state index in [-0.39, 0.29) is 11.5 Å². The van der Waals surface area contributed by atoms with E-state index in [2.05, 4.69) is 10.3 Å². The Morgan fingerprint density at radius 2 is 2.00 bits per heavy atom. The second-order valence-electron chi connectivity index (χ2n) is 4.43. The Balaban J connectivity index is 2.26. The highest BCUT2D eigenvalue weighted by atomic mass is 16.2. The molecule has 0 fully saturated rings. The normalized spacial score (nSPS) is 10.1. The molecule has 0 aliphatic rings. The summed E-state index contributed by atoms with van der Waals surface area (Å²) in [5.74, 6) is 0.111. The van der Waals surface area contributed by atoms with E-state index in [1.807, 2.05) is 6.07 Å². The minimum absolute atomic E-state index is 0.111. The van der Waals surface area contributed by atoms with Gasteiger partial charge < -0.3 is 11.1 Å². The largest absolute Gasteiger partial charge is 0.383 e. The molecule has 0 aliphatic heterocycles. The van der Waals surface area contributed by atoms with Gasteiger partial charge in [-0.1, -0.05) is 12.1 Å². The molecule has 0 saturated carbocycles. The molecule has 1 aromatic carbocycles. The van der Waals surface area contributed by atoms with Gasteiger partial charge in [0.05, 0.1) is 11.6 Å². The number of hydrogen-bond acceptors (Lipinski definition) is 5. The standard InChI is InChI=1S/C14H15N5O2/c1-2-19-12(16)11(13(20)18-14(19)21)17-8-10-5-3-9(7-15)4-6-10/h3-6,17H,2,8,16H2,1H3,(H,18,20,21). The maximum absolute atomic E-state index is 11.8. The first-order valence-corrected chi connectivity index (χ1v) is 6.42. The van der Waals surface area contributed by atoms with E-state index in [4.69, 9.17) is 11.0 Å². The van der Waals surface area contributed by atoms with Gasteiger partial charge in [-0.15, -0.1) is 0 Å². The van der Waals surface area contributed by atoms with E-state index >= 15 is 0 Å². The fraction of sp³-hybridized carbons (Fsp3) is 0.214. The van der Waals surface area contributed by atoms with Crippen LogP contribution in [0.1, 0.15) is 18.1 Å². The molecule has 4 N–H and O–H groups in total. The average Bonchev–Trinajstić information content (AvgIpc) is 2.47. The van der Waals surface area contributed by atoms with Gasteiger partial charge in [0.2, 0.25) is 0 Å². The molecule has 7 heteroatoms. The highest BCUT2D eigenvalue weighted by Gasteiger charge is 2.10. The van der Waals surface area contributed by atoms with Gasteiger partial charge in [-0.3, -0.25) is 14.3 Å². The highest BCUT2D eigenvalue weighted by molar-refractivity contribution is 5.60. The van der Waals surface area contributed by atoms with Crippen LogP contribution in [0.2, 0.25) is 0 Å². The second kappa shape index (κ2) is 5.96. The lowest BCUT2D eigenvalue weighted by molar-refractivity contribution is 0.706. The van der Waals surface area contributed by atoms with Crippen LogP contribution in [0.15, 0.2) is 33.9 Å². The number of aromatic amines is 1. The minimum Gasteiger partial charge on any atom is -0.383 e. The zero-order valence-corrected chi connectivity index (χ0v) is 11.5. The number of nitriles is 1. The van der Waals surface area contributed by atoms with Crippen LogP contribution < -0.4 is 22.3 Å². The highest BCUT2D eigenvalue weighted by Crippen LogP contribution is 2.12. The minimum atomic E-state index is -0.546. The molecule has 0 unspecified atom stereocenters. The van der Waals surface area contributed by atoms with Gasteiger partial charge in [-0.05, 0) is 24.6 Å². The zero-order valence-electron chi connectivity index (χ0n) is 11.5. The van der Waals surface area contributed by atoms with E-state index in [9.17, 15) is 9.59 Å². The number of rotatable bonds is 4. The second-order valence-corrected chi connectivity index (χ2v) is 4.43. The predicted octanol–water partition coefficient (Wildman–Crippen LogP) is 0.622. The van der Waals surface area contributed by atoms with Crippen molar-refractivity contribution in [3.63, 3.8) is 0 Å². The van der Waals surface area contributed by atoms with Crippen molar-refractivity contribution < 1.29 is 0 Å². The van der Waals surface area contributed by atoms with Gasteiger partial charge >= 0.3 is 5.69 Å². The van der Waals surface area contributed by atoms with Crippen LogP contribution in [0.3, 0.4) is 0 Å². The summed E-state index contributed by atoms with van der Waals surface area (Å²) in [5, 5.41) is 11.7. The average molecular weight is 285 g/mol. The van der Waals surface area contributed by atoms with Crippen molar-refractivity contribution in [2.75, 3.05) is 11.1 Å². The van der Waals surface area contributed by atoms with Crippen molar-refractivity contribution in [2.45, 2.75) is 20.0 Å². The Bertz CT molecular complexity index is 796. The van der Waals surface area contributed by atoms with Gasteiger partial charge in [0.1, 0.15) is 11.5 Å². The molecule has 0 saturated heterocycles. The molecule has 0 aliphatic carbocycles. The Morgan fingerprint density at radius 3 is 2.57 bits per heavy atom. The van der Waals surface area contributed by atoms with E-state index in [0.29, 0.717) is 18.7 Å². The number of nitrogen functional groups attached to an aromatic ring is 1. The van der Waals surface area contributed by atoms with Crippen LogP contribution in [-0.2, 0) is 13.1 Å². The Labute approximate surface area is 120 Å². The smallest absolute Gasteiger partial charge is 0.330 e. The summed E-state index contributed by atoms with van der Waals surface area (Å²) in [7, 11) is 0. The van der Waals surface area contributed by atoms with Crippen molar-refractivity contribution in [3.8, 4) is 6.07 Å². The van der Waals surface area contributed by atoms with Gasteiger partial charge in [0, 0.05) is 13.1 Å². The van der Waals surface area contributed by atoms with Gasteiger partial charge in [0.15, 0.2) is 0 Å². The summed E-state index contributed by atoms with van der Waals surface area (Å²) >= 11 is 0. The van der Waals surface area contributed by atoms with Crippen LogP contribution >= 0.6 is 0 Å². The third-order valence-electron chi connectivity index (χ3n) is 3.11. The van der Waals surface area contributed by atoms with Gasteiger partial charge in [-0.2, -0.15) is 5.26 Å². The van der Waals surface area contributed by atoms with Crippen molar-refractivity contribution in [3.05, 3.63) is 56.2 Å². The first-order chi connectivity index (χ1) is 10.1. The first-order valence-electron chi connectivity index (χ1n) is 6.42. The molecule has 2 rings (SSSR count). The molecule has 0 spiro atoms. The maximum atomic E-state index is 11.8. The van der Waals surface area contributed by atoms with Crippen LogP contribution in [0.4, 0.5) is 11.5 Å². The molecular weight excluding hydrogens is 270 g/mol. The summed E-state index contributed by atoms with van der Waals surface area (Å²) in [6.45, 7) is 2.49. The van der Waals surface area contributed by atoms with Crippen LogP contribution in [-0.4, -0.2) is 9.55 Å². The van der Waals surface area contributed by atoms with Crippen LogP contribution in [0, 0.1) is 11.3 Å². The van der Waals surface area contributed by atoms with E-state index in [0.717, 1.165) is 5.56 Å². The maximum Gasteiger partial charge on any atom is 0.330 e. The number of nitrogens with two attached hydrogens (primary N) is 1. The quantitative estimate of drug-likeness (QED) is 0.761. The molecule has 2 aromatic rings. The number of aromatic nitrogens is 2. The molecule has 0 bridgehead atoms. The fourth-order valence-electron chi connectivity index (χ4n) is 1.96. The van der Waals surface area contributed by atoms with Crippen molar-refractivity contribution in [1.29, 1.82) is 5.26 Å². The van der Waals surface area contributed by atoms with Gasteiger partial charge in [0.25, 0.3) is 5.56 Å². The molecule has 108 valence electrons. The Hall–Kier alpha value is -3.01. The zero-order chi connectivity index (χ0) is 15.4. The van der Waals surface area contributed by atoms with E-state index in [1.54, 1.807) is 31.2 Å². The number of benzene rings is 1. The fourth-order valence-corrected chi connectivity index (χ4v) is 1.96. The molecule has 0 radical (unpaired) electrons. The first kappa shape index (κ1) is 14.4. The number of anilines is 2. The van der Waals surface area contributed by atoms with Crippen LogP contribution in [0.25, 0.3) is 0 Å². The van der Waals surface area contributed by atoms with Crippen molar-refractivity contribution >= 4 is 11.5 Å². The molecule has 7 nitrogen and oxygen atoms in total. The number of H-pyrrole nitrogens is 1. The monoisotopic (exact) mass is 285 g/mol. The number of hydrogen-bond donors (Lipinski definition) is 3. The topological polar surface area (TPSA) is 117 Å².